The van der Waals surface area contributed by atoms with Crippen LogP contribution in [0, 0.1) is 0 Å². The van der Waals surface area contributed by atoms with Crippen LogP contribution in [0.2, 0.25) is 0 Å². The molecule has 1 amide bonds. The Hall–Kier alpha value is -2.54. The van der Waals surface area contributed by atoms with E-state index in [4.69, 9.17) is 4.74 Å². The van der Waals surface area contributed by atoms with Crippen LogP contribution in [-0.4, -0.2) is 33.2 Å². The summed E-state index contributed by atoms with van der Waals surface area (Å²) in [6, 6.07) is 14.2. The maximum Gasteiger partial charge on any atom is 0.245 e. The summed E-state index contributed by atoms with van der Waals surface area (Å²) < 4.78 is 31.5. The Morgan fingerprint density at radius 3 is 2.18 bits per heavy atom. The van der Waals surface area contributed by atoms with Crippen LogP contribution in [0.5, 0.6) is 5.75 Å². The molecule has 152 valence electrons. The largest absolute Gasteiger partial charge is 0.491 e. The van der Waals surface area contributed by atoms with E-state index in [9.17, 15) is 13.2 Å². The molecule has 7 heteroatoms. The molecule has 0 fully saturated rings. The number of carbonyl (C=O) groups is 1. The lowest BCUT2D eigenvalue weighted by molar-refractivity contribution is -0.114. The number of hydrogen-bond acceptors (Lipinski definition) is 4. The summed E-state index contributed by atoms with van der Waals surface area (Å²) in [4.78, 5) is 12.5. The Morgan fingerprint density at radius 2 is 1.64 bits per heavy atom. The lowest BCUT2D eigenvalue weighted by Gasteiger charge is -2.25. The van der Waals surface area contributed by atoms with Crippen molar-refractivity contribution >= 4 is 27.3 Å². The van der Waals surface area contributed by atoms with Crippen LogP contribution in [0.1, 0.15) is 39.2 Å². The zero-order valence-electron chi connectivity index (χ0n) is 17.0. The highest BCUT2D eigenvalue weighted by Gasteiger charge is 2.24. The average Bonchev–Trinajstić information content (AvgIpc) is 2.60. The molecule has 0 spiro atoms. The van der Waals surface area contributed by atoms with E-state index in [1.54, 1.807) is 36.4 Å². The Bertz CT molecular complexity index is 906. The molecule has 0 heterocycles. The van der Waals surface area contributed by atoms with E-state index < -0.39 is 15.9 Å². The van der Waals surface area contributed by atoms with E-state index in [2.05, 4.69) is 5.32 Å². The Balaban J connectivity index is 2.19. The molecule has 0 unspecified atom stereocenters. The number of rotatable bonds is 8. The molecule has 1 N–H and O–H groups in total. The molecule has 0 bridgehead atoms. The van der Waals surface area contributed by atoms with Gasteiger partial charge in [0, 0.05) is 5.69 Å². The van der Waals surface area contributed by atoms with Gasteiger partial charge in [-0.1, -0.05) is 32.0 Å². The van der Waals surface area contributed by atoms with Gasteiger partial charge in [0.1, 0.15) is 12.3 Å². The van der Waals surface area contributed by atoms with Gasteiger partial charge < -0.3 is 10.1 Å². The predicted octanol–water partition coefficient (Wildman–Crippen LogP) is 4.00. The number of carbonyl (C=O) groups excluding carboxylic acids is 1. The third kappa shape index (κ3) is 5.99. The summed E-state index contributed by atoms with van der Waals surface area (Å²) >= 11 is 0. The summed E-state index contributed by atoms with van der Waals surface area (Å²) in [7, 11) is -3.63. The van der Waals surface area contributed by atoms with Crippen molar-refractivity contribution in [3.05, 3.63) is 54.1 Å². The van der Waals surface area contributed by atoms with Crippen LogP contribution < -0.4 is 14.4 Å². The first-order valence-corrected chi connectivity index (χ1v) is 11.1. The van der Waals surface area contributed by atoms with Gasteiger partial charge in [-0.25, -0.2) is 8.42 Å². The van der Waals surface area contributed by atoms with Gasteiger partial charge in [-0.15, -0.1) is 0 Å². The van der Waals surface area contributed by atoms with E-state index >= 15 is 0 Å². The van der Waals surface area contributed by atoms with Gasteiger partial charge in [-0.3, -0.25) is 9.10 Å². The van der Waals surface area contributed by atoms with E-state index in [0.29, 0.717) is 17.1 Å². The minimum absolute atomic E-state index is 0.0600. The summed E-state index contributed by atoms with van der Waals surface area (Å²) in [5.74, 6) is 0.412. The molecule has 0 aliphatic rings. The molecule has 0 aliphatic carbocycles. The first kappa shape index (κ1) is 21.8. The molecule has 0 saturated carbocycles. The second kappa shape index (κ2) is 9.10. The highest BCUT2D eigenvalue weighted by atomic mass is 32.2. The molecule has 0 aliphatic heterocycles. The van der Waals surface area contributed by atoms with Crippen molar-refractivity contribution in [3.63, 3.8) is 0 Å². The fourth-order valence-corrected chi connectivity index (χ4v) is 3.68. The molecule has 6 nitrogen and oxygen atoms in total. The predicted molar refractivity (Wildman–Crippen MR) is 114 cm³/mol. The number of benzene rings is 2. The normalized spacial score (nSPS) is 11.5. The quantitative estimate of drug-likeness (QED) is 0.721. The number of hydrogen-bond donors (Lipinski definition) is 1. The van der Waals surface area contributed by atoms with Gasteiger partial charge >= 0.3 is 0 Å². The number of nitrogens with zero attached hydrogens (tertiary/aromatic N) is 1. The SMILES string of the molecule is CC(C)Oc1ccc(NC(=O)CN(c2ccccc2C(C)C)S(C)(=O)=O)cc1. The van der Waals surface area contributed by atoms with Gasteiger partial charge in [0.25, 0.3) is 0 Å². The molecule has 0 atom stereocenters. The molecule has 0 saturated heterocycles. The summed E-state index contributed by atoms with van der Waals surface area (Å²) in [5.41, 5.74) is 1.97. The van der Waals surface area contributed by atoms with E-state index in [1.165, 1.54) is 0 Å². The van der Waals surface area contributed by atoms with Crippen molar-refractivity contribution in [2.75, 3.05) is 22.4 Å². The van der Waals surface area contributed by atoms with Crippen molar-refractivity contribution < 1.29 is 17.9 Å². The second-order valence-corrected chi connectivity index (χ2v) is 9.13. The summed E-state index contributed by atoms with van der Waals surface area (Å²) in [6.07, 6.45) is 1.17. The highest BCUT2D eigenvalue weighted by Crippen LogP contribution is 2.29. The van der Waals surface area contributed by atoms with E-state index in [0.717, 1.165) is 16.1 Å². The van der Waals surface area contributed by atoms with Gasteiger partial charge in [0.2, 0.25) is 15.9 Å². The van der Waals surface area contributed by atoms with Gasteiger partial charge in [0.05, 0.1) is 18.0 Å². The maximum absolute atomic E-state index is 12.5. The molecule has 2 aromatic carbocycles. The molecule has 2 aromatic rings. The van der Waals surface area contributed by atoms with Crippen LogP contribution in [0.4, 0.5) is 11.4 Å². The van der Waals surface area contributed by atoms with Gasteiger partial charge in [0.15, 0.2) is 0 Å². The second-order valence-electron chi connectivity index (χ2n) is 7.22. The van der Waals surface area contributed by atoms with Crippen LogP contribution in [0.3, 0.4) is 0 Å². The molecule has 28 heavy (non-hydrogen) atoms. The average molecular weight is 405 g/mol. The van der Waals surface area contributed by atoms with E-state index in [1.807, 2.05) is 39.8 Å². The molecular formula is C21H28N2O4S. The lowest BCUT2D eigenvalue weighted by atomic mass is 10.0. The highest BCUT2D eigenvalue weighted by molar-refractivity contribution is 7.92. The van der Waals surface area contributed by atoms with E-state index in [-0.39, 0.29) is 18.6 Å². The Labute approximate surface area is 167 Å². The number of sulfonamides is 1. The topological polar surface area (TPSA) is 75.7 Å². The minimum atomic E-state index is -3.63. The third-order valence-corrected chi connectivity index (χ3v) is 5.15. The fraction of sp³-hybridized carbons (Fsp3) is 0.381. The van der Waals surface area contributed by atoms with Crippen LogP contribution >= 0.6 is 0 Å². The molecular weight excluding hydrogens is 376 g/mol. The number of para-hydroxylation sites is 1. The molecule has 0 aromatic heterocycles. The fourth-order valence-electron chi connectivity index (χ4n) is 2.80. The zero-order valence-corrected chi connectivity index (χ0v) is 17.8. The summed E-state index contributed by atoms with van der Waals surface area (Å²) in [6.45, 7) is 7.54. The first-order valence-electron chi connectivity index (χ1n) is 9.21. The van der Waals surface area contributed by atoms with Crippen molar-refractivity contribution in [1.29, 1.82) is 0 Å². The zero-order chi connectivity index (χ0) is 20.9. The number of nitrogens with one attached hydrogen (secondary N) is 1. The number of amides is 1. The minimum Gasteiger partial charge on any atom is -0.491 e. The summed E-state index contributed by atoms with van der Waals surface area (Å²) in [5, 5.41) is 2.74. The van der Waals surface area contributed by atoms with Crippen LogP contribution in [0.15, 0.2) is 48.5 Å². The van der Waals surface area contributed by atoms with Crippen molar-refractivity contribution in [1.82, 2.24) is 0 Å². The maximum atomic E-state index is 12.5. The number of anilines is 2. The number of ether oxygens (including phenoxy) is 1. The Morgan fingerprint density at radius 1 is 1.04 bits per heavy atom. The van der Waals surface area contributed by atoms with Crippen molar-refractivity contribution in [2.45, 2.75) is 39.7 Å². The van der Waals surface area contributed by atoms with Crippen molar-refractivity contribution in [3.8, 4) is 5.75 Å². The van der Waals surface area contributed by atoms with Crippen LogP contribution in [-0.2, 0) is 14.8 Å². The van der Waals surface area contributed by atoms with Crippen LogP contribution in [0.25, 0.3) is 0 Å². The monoisotopic (exact) mass is 404 g/mol. The van der Waals surface area contributed by atoms with Gasteiger partial charge in [-0.2, -0.15) is 0 Å². The lowest BCUT2D eigenvalue weighted by Crippen LogP contribution is -2.38. The standard InChI is InChI=1S/C21H28N2O4S/c1-15(2)19-8-6-7-9-20(19)23(28(5,25)26)14-21(24)22-17-10-12-18(13-11-17)27-16(3)4/h6-13,15-16H,14H2,1-5H3,(H,22,24). The molecule has 0 radical (unpaired) electrons. The van der Waals surface area contributed by atoms with Crippen molar-refractivity contribution in [2.24, 2.45) is 0 Å². The third-order valence-electron chi connectivity index (χ3n) is 4.02. The smallest absolute Gasteiger partial charge is 0.245 e. The molecule has 2 rings (SSSR count). The first-order chi connectivity index (χ1) is 13.1. The van der Waals surface area contributed by atoms with Gasteiger partial charge in [-0.05, 0) is 55.7 Å². The Kier molecular flexibility index (Phi) is 7.07.